The first-order valence-corrected chi connectivity index (χ1v) is 12.4. The zero-order chi connectivity index (χ0) is 21.3. The van der Waals surface area contributed by atoms with Crippen LogP contribution in [0.4, 0.5) is 11.4 Å². The van der Waals surface area contributed by atoms with Crippen molar-refractivity contribution in [3.05, 3.63) is 41.3 Å². The van der Waals surface area contributed by atoms with E-state index in [-0.39, 0.29) is 24.3 Å². The van der Waals surface area contributed by atoms with Crippen molar-refractivity contribution >= 4 is 44.5 Å². The van der Waals surface area contributed by atoms with Gasteiger partial charge in [-0.05, 0) is 62.9 Å². The van der Waals surface area contributed by atoms with Crippen molar-refractivity contribution < 1.29 is 18.0 Å². The number of nitrogens with one attached hydrogen (secondary N) is 2. The molecule has 4 rings (SSSR count). The van der Waals surface area contributed by atoms with Crippen LogP contribution in [-0.2, 0) is 19.6 Å². The van der Waals surface area contributed by atoms with Crippen LogP contribution in [0.2, 0.25) is 0 Å². The van der Waals surface area contributed by atoms with E-state index < -0.39 is 15.9 Å². The molecule has 2 aliphatic rings. The van der Waals surface area contributed by atoms with Gasteiger partial charge in [0.05, 0.1) is 5.92 Å². The van der Waals surface area contributed by atoms with E-state index in [1.54, 1.807) is 36.4 Å². The minimum absolute atomic E-state index is 0.00965. The van der Waals surface area contributed by atoms with E-state index in [0.29, 0.717) is 35.0 Å². The van der Waals surface area contributed by atoms with Gasteiger partial charge in [-0.1, -0.05) is 6.07 Å². The first-order chi connectivity index (χ1) is 14.3. The molecule has 30 heavy (non-hydrogen) atoms. The summed E-state index contributed by atoms with van der Waals surface area (Å²) in [7, 11) is -3.58. The molecule has 160 valence electrons. The summed E-state index contributed by atoms with van der Waals surface area (Å²) in [6.45, 7) is 2.46. The summed E-state index contributed by atoms with van der Waals surface area (Å²) in [6.07, 6.45) is 3.13. The quantitative estimate of drug-likeness (QED) is 0.709. The average Bonchev–Trinajstić information content (AvgIpc) is 3.49. The van der Waals surface area contributed by atoms with Crippen LogP contribution in [0.15, 0.2) is 40.6 Å². The first-order valence-electron chi connectivity index (χ1n) is 10.1. The number of hydrogen-bond acceptors (Lipinski definition) is 5. The molecular weight excluding hydrogens is 422 g/mol. The Balaban J connectivity index is 1.40. The summed E-state index contributed by atoms with van der Waals surface area (Å²) in [5.74, 6) is -0.511. The van der Waals surface area contributed by atoms with E-state index in [2.05, 4.69) is 10.6 Å². The van der Waals surface area contributed by atoms with Crippen LogP contribution in [0.5, 0.6) is 0 Å². The Morgan fingerprint density at radius 1 is 1.00 bits per heavy atom. The van der Waals surface area contributed by atoms with Crippen LogP contribution < -0.4 is 10.6 Å². The number of aryl methyl sites for hydroxylation is 1. The Morgan fingerprint density at radius 2 is 1.67 bits per heavy atom. The molecule has 1 aliphatic carbocycles. The van der Waals surface area contributed by atoms with Gasteiger partial charge in [-0.15, -0.1) is 11.3 Å². The Kier molecular flexibility index (Phi) is 5.95. The third-order valence-electron chi connectivity index (χ3n) is 5.41. The molecule has 0 radical (unpaired) electrons. The number of rotatable bonds is 6. The average molecular weight is 448 g/mol. The maximum Gasteiger partial charge on any atom is 0.252 e. The highest BCUT2D eigenvalue weighted by Crippen LogP contribution is 2.31. The fraction of sp³-hybridized carbons (Fsp3) is 0.429. The number of carbonyl (C=O) groups excluding carboxylic acids is 2. The van der Waals surface area contributed by atoms with Crippen LogP contribution in [-0.4, -0.2) is 37.6 Å². The van der Waals surface area contributed by atoms with Crippen molar-refractivity contribution in [1.82, 2.24) is 4.31 Å². The van der Waals surface area contributed by atoms with Gasteiger partial charge in [0.15, 0.2) is 0 Å². The van der Waals surface area contributed by atoms with E-state index in [0.717, 1.165) is 17.7 Å². The van der Waals surface area contributed by atoms with Crippen molar-refractivity contribution in [2.24, 2.45) is 11.8 Å². The second-order valence-electron chi connectivity index (χ2n) is 7.90. The number of piperidine rings is 1. The second kappa shape index (κ2) is 8.49. The number of amides is 2. The van der Waals surface area contributed by atoms with Crippen LogP contribution in [0, 0.1) is 18.8 Å². The van der Waals surface area contributed by atoms with E-state index in [4.69, 9.17) is 0 Å². The second-order valence-corrected chi connectivity index (χ2v) is 11.4. The van der Waals surface area contributed by atoms with E-state index in [1.165, 1.54) is 15.6 Å². The smallest absolute Gasteiger partial charge is 0.252 e. The highest BCUT2D eigenvalue weighted by Gasteiger charge is 2.34. The molecule has 2 N–H and O–H groups in total. The van der Waals surface area contributed by atoms with Gasteiger partial charge in [0.2, 0.25) is 11.8 Å². The third kappa shape index (κ3) is 4.74. The standard InChI is InChI=1S/C21H25N3O4S2/c1-14-7-10-19(29-14)30(27,28)24-11-3-4-16(13-24)21(26)23-18-6-2-5-17(12-18)22-20(25)15-8-9-15/h2,5-7,10,12,15-16H,3-4,8-9,11,13H2,1H3,(H,22,25)(H,23,26)/t16-/m0/s1. The van der Waals surface area contributed by atoms with Crippen LogP contribution in [0.1, 0.15) is 30.6 Å². The van der Waals surface area contributed by atoms with Gasteiger partial charge in [0.25, 0.3) is 10.0 Å². The number of sulfonamides is 1. The Labute approximate surface area is 180 Å². The number of hydrogen-bond donors (Lipinski definition) is 2. The molecule has 2 amide bonds. The number of benzene rings is 1. The minimum Gasteiger partial charge on any atom is -0.326 e. The van der Waals surface area contributed by atoms with Crippen LogP contribution in [0.3, 0.4) is 0 Å². The molecule has 1 aromatic heterocycles. The predicted octanol–water partition coefficient (Wildman–Crippen LogP) is 3.44. The maximum absolute atomic E-state index is 12.9. The monoisotopic (exact) mass is 447 g/mol. The number of anilines is 2. The van der Waals surface area contributed by atoms with E-state index >= 15 is 0 Å². The van der Waals surface area contributed by atoms with Crippen molar-refractivity contribution in [2.45, 2.75) is 36.8 Å². The lowest BCUT2D eigenvalue weighted by atomic mass is 9.98. The fourth-order valence-corrected chi connectivity index (χ4v) is 6.52. The molecule has 1 atom stereocenters. The molecule has 0 unspecified atom stereocenters. The summed E-state index contributed by atoms with van der Waals surface area (Å²) < 4.78 is 27.5. The first kappa shape index (κ1) is 21.0. The molecule has 9 heteroatoms. The lowest BCUT2D eigenvalue weighted by molar-refractivity contribution is -0.121. The van der Waals surface area contributed by atoms with E-state index in [1.807, 2.05) is 6.92 Å². The largest absolute Gasteiger partial charge is 0.326 e. The molecule has 7 nitrogen and oxygen atoms in total. The van der Waals surface area contributed by atoms with Crippen molar-refractivity contribution in [1.29, 1.82) is 0 Å². The van der Waals surface area contributed by atoms with Gasteiger partial charge in [-0.3, -0.25) is 9.59 Å². The normalized spacial score (nSPS) is 20.0. The minimum atomic E-state index is -3.58. The summed E-state index contributed by atoms with van der Waals surface area (Å²) in [5.41, 5.74) is 1.23. The molecule has 0 bridgehead atoms. The van der Waals surface area contributed by atoms with Gasteiger partial charge >= 0.3 is 0 Å². The molecule has 2 heterocycles. The number of carbonyl (C=O) groups is 2. The SMILES string of the molecule is Cc1ccc(S(=O)(=O)N2CCC[C@H](C(=O)Nc3cccc(NC(=O)C4CC4)c3)C2)s1. The summed E-state index contributed by atoms with van der Waals surface area (Å²) in [6, 6.07) is 10.5. The highest BCUT2D eigenvalue weighted by atomic mass is 32.2. The number of thiophene rings is 1. The van der Waals surface area contributed by atoms with Gasteiger partial charge in [-0.2, -0.15) is 4.31 Å². The zero-order valence-electron chi connectivity index (χ0n) is 16.8. The maximum atomic E-state index is 12.9. The predicted molar refractivity (Wildman–Crippen MR) is 117 cm³/mol. The van der Waals surface area contributed by atoms with Crippen molar-refractivity contribution in [2.75, 3.05) is 23.7 Å². The molecule has 1 saturated heterocycles. The van der Waals surface area contributed by atoms with Crippen LogP contribution >= 0.6 is 11.3 Å². The molecule has 1 aromatic carbocycles. The van der Waals surface area contributed by atoms with Crippen molar-refractivity contribution in [3.8, 4) is 0 Å². The van der Waals surface area contributed by atoms with Gasteiger partial charge in [0, 0.05) is 35.3 Å². The molecule has 1 saturated carbocycles. The van der Waals surface area contributed by atoms with Gasteiger partial charge < -0.3 is 10.6 Å². The molecule has 0 spiro atoms. The van der Waals surface area contributed by atoms with Gasteiger partial charge in [0.1, 0.15) is 4.21 Å². The Bertz CT molecular complexity index is 1060. The lowest BCUT2D eigenvalue weighted by Gasteiger charge is -2.30. The highest BCUT2D eigenvalue weighted by molar-refractivity contribution is 7.91. The van der Waals surface area contributed by atoms with E-state index in [9.17, 15) is 18.0 Å². The summed E-state index contributed by atoms with van der Waals surface area (Å²) in [5, 5.41) is 5.74. The molecule has 2 aromatic rings. The summed E-state index contributed by atoms with van der Waals surface area (Å²) in [4.78, 5) is 25.7. The Morgan fingerprint density at radius 3 is 2.27 bits per heavy atom. The van der Waals surface area contributed by atoms with Crippen LogP contribution in [0.25, 0.3) is 0 Å². The van der Waals surface area contributed by atoms with Gasteiger partial charge in [-0.25, -0.2) is 8.42 Å². The Hall–Kier alpha value is -2.23. The summed E-state index contributed by atoms with van der Waals surface area (Å²) >= 11 is 1.25. The number of nitrogens with zero attached hydrogens (tertiary/aromatic N) is 1. The fourth-order valence-electron chi connectivity index (χ4n) is 3.56. The molecule has 1 aliphatic heterocycles. The lowest BCUT2D eigenvalue weighted by Crippen LogP contribution is -2.43. The topological polar surface area (TPSA) is 95.6 Å². The molecular formula is C21H25N3O4S2. The third-order valence-corrected chi connectivity index (χ3v) is 8.74. The zero-order valence-corrected chi connectivity index (χ0v) is 18.4. The molecule has 2 fully saturated rings. The van der Waals surface area contributed by atoms with Crippen molar-refractivity contribution in [3.63, 3.8) is 0 Å².